The molecule has 0 aromatic heterocycles. The van der Waals surface area contributed by atoms with Crippen molar-refractivity contribution in [2.24, 2.45) is 5.10 Å². The van der Waals surface area contributed by atoms with Gasteiger partial charge in [-0.2, -0.15) is 5.10 Å². The molecule has 1 heterocycles. The number of hydrogen-bond donors (Lipinski definition) is 1. The van der Waals surface area contributed by atoms with Crippen molar-refractivity contribution in [3.8, 4) is 0 Å². The van der Waals surface area contributed by atoms with E-state index in [4.69, 9.17) is 0 Å². The lowest BCUT2D eigenvalue weighted by atomic mass is 10.1. The maximum Gasteiger partial charge on any atom is 0.271 e. The van der Waals surface area contributed by atoms with Crippen LogP contribution in [-0.4, -0.2) is 17.5 Å². The van der Waals surface area contributed by atoms with Crippen molar-refractivity contribution in [2.45, 2.75) is 26.7 Å². The van der Waals surface area contributed by atoms with Crippen molar-refractivity contribution in [1.29, 1.82) is 0 Å². The van der Waals surface area contributed by atoms with Gasteiger partial charge >= 0.3 is 0 Å². The van der Waals surface area contributed by atoms with Crippen LogP contribution in [0, 0.1) is 13.8 Å². The van der Waals surface area contributed by atoms with Gasteiger partial charge in [-0.1, -0.05) is 24.3 Å². The van der Waals surface area contributed by atoms with Gasteiger partial charge < -0.3 is 5.32 Å². The number of nitrogens with zero attached hydrogens (tertiary/aromatic N) is 2. The minimum atomic E-state index is -0.272. The molecule has 24 heavy (non-hydrogen) atoms. The van der Waals surface area contributed by atoms with E-state index in [1.54, 1.807) is 0 Å². The number of amides is 2. The zero-order valence-electron chi connectivity index (χ0n) is 13.7. The van der Waals surface area contributed by atoms with Gasteiger partial charge in [0.25, 0.3) is 5.91 Å². The Morgan fingerprint density at radius 1 is 1.04 bits per heavy atom. The fourth-order valence-corrected chi connectivity index (χ4v) is 2.60. The molecule has 0 aliphatic carbocycles. The summed E-state index contributed by atoms with van der Waals surface area (Å²) < 4.78 is 0. The summed E-state index contributed by atoms with van der Waals surface area (Å²) in [5.41, 5.74) is 3.86. The number of carbonyl (C=O) groups excluding carboxylic acids is 2. The normalized spacial score (nSPS) is 14.3. The second-order valence-corrected chi connectivity index (χ2v) is 5.91. The molecular formula is C19H19N3O2. The van der Waals surface area contributed by atoms with E-state index in [0.29, 0.717) is 17.8 Å². The van der Waals surface area contributed by atoms with Gasteiger partial charge in [0.05, 0.1) is 5.69 Å². The fraction of sp³-hybridized carbons (Fsp3) is 0.211. The SMILES string of the molecule is Cc1cccc(NC(=O)C2=NN(c3cccc(C)c3)C(=O)CC2)c1. The molecule has 5 nitrogen and oxygen atoms in total. The molecule has 5 heteroatoms. The lowest BCUT2D eigenvalue weighted by Gasteiger charge is -2.23. The number of hydrazone groups is 1. The quantitative estimate of drug-likeness (QED) is 0.941. The molecule has 1 aliphatic rings. The highest BCUT2D eigenvalue weighted by molar-refractivity contribution is 6.44. The van der Waals surface area contributed by atoms with Crippen LogP contribution in [0.3, 0.4) is 0 Å². The first-order valence-corrected chi connectivity index (χ1v) is 7.88. The number of benzene rings is 2. The number of rotatable bonds is 3. The second-order valence-electron chi connectivity index (χ2n) is 5.91. The molecule has 3 rings (SSSR count). The van der Waals surface area contributed by atoms with E-state index in [9.17, 15) is 9.59 Å². The van der Waals surface area contributed by atoms with Crippen LogP contribution in [0.15, 0.2) is 53.6 Å². The van der Waals surface area contributed by atoms with Gasteiger partial charge in [0, 0.05) is 18.5 Å². The Labute approximate surface area is 141 Å². The summed E-state index contributed by atoms with van der Waals surface area (Å²) in [6.45, 7) is 3.92. The van der Waals surface area contributed by atoms with E-state index in [0.717, 1.165) is 16.8 Å². The predicted octanol–water partition coefficient (Wildman–Crippen LogP) is 3.42. The van der Waals surface area contributed by atoms with Gasteiger partial charge in [0.15, 0.2) is 0 Å². The maximum atomic E-state index is 12.4. The molecule has 2 aromatic rings. The van der Waals surface area contributed by atoms with Gasteiger partial charge in [-0.15, -0.1) is 0 Å². The average Bonchev–Trinajstić information content (AvgIpc) is 2.55. The Balaban J connectivity index is 1.83. The summed E-state index contributed by atoms with van der Waals surface area (Å²) in [6.07, 6.45) is 0.618. The van der Waals surface area contributed by atoms with E-state index in [2.05, 4.69) is 10.4 Å². The zero-order valence-corrected chi connectivity index (χ0v) is 13.7. The molecule has 0 fully saturated rings. The first kappa shape index (κ1) is 15.9. The van der Waals surface area contributed by atoms with Crippen LogP contribution in [-0.2, 0) is 9.59 Å². The lowest BCUT2D eigenvalue weighted by Crippen LogP contribution is -2.36. The minimum absolute atomic E-state index is 0.104. The molecule has 1 N–H and O–H groups in total. The highest BCUT2D eigenvalue weighted by Gasteiger charge is 2.25. The van der Waals surface area contributed by atoms with Gasteiger partial charge in [0.1, 0.15) is 5.71 Å². The molecule has 0 spiro atoms. The highest BCUT2D eigenvalue weighted by atomic mass is 16.2. The topological polar surface area (TPSA) is 61.8 Å². The molecule has 2 amide bonds. The van der Waals surface area contributed by atoms with E-state index in [1.165, 1.54) is 5.01 Å². The summed E-state index contributed by atoms with van der Waals surface area (Å²) >= 11 is 0. The molecule has 0 saturated carbocycles. The first-order chi connectivity index (χ1) is 11.5. The summed E-state index contributed by atoms with van der Waals surface area (Å²) in [4.78, 5) is 24.6. The van der Waals surface area contributed by atoms with E-state index in [-0.39, 0.29) is 18.2 Å². The van der Waals surface area contributed by atoms with Crippen LogP contribution < -0.4 is 10.3 Å². The van der Waals surface area contributed by atoms with Crippen molar-refractivity contribution in [1.82, 2.24) is 0 Å². The van der Waals surface area contributed by atoms with Crippen molar-refractivity contribution in [3.63, 3.8) is 0 Å². The highest BCUT2D eigenvalue weighted by Crippen LogP contribution is 2.21. The molecule has 1 aliphatic heterocycles. The van der Waals surface area contributed by atoms with Crippen molar-refractivity contribution in [2.75, 3.05) is 10.3 Å². The monoisotopic (exact) mass is 321 g/mol. The largest absolute Gasteiger partial charge is 0.321 e. The number of nitrogens with one attached hydrogen (secondary N) is 1. The minimum Gasteiger partial charge on any atom is -0.321 e. The smallest absolute Gasteiger partial charge is 0.271 e. The van der Waals surface area contributed by atoms with E-state index < -0.39 is 0 Å². The van der Waals surface area contributed by atoms with E-state index in [1.807, 2.05) is 62.4 Å². The summed E-state index contributed by atoms with van der Waals surface area (Å²) in [5.74, 6) is -0.376. The van der Waals surface area contributed by atoms with Gasteiger partial charge in [-0.25, -0.2) is 5.01 Å². The summed E-state index contributed by atoms with van der Waals surface area (Å²) in [5, 5.41) is 8.45. The molecule has 122 valence electrons. The van der Waals surface area contributed by atoms with Crippen LogP contribution >= 0.6 is 0 Å². The maximum absolute atomic E-state index is 12.4. The predicted molar refractivity (Wildman–Crippen MR) is 95.1 cm³/mol. The third-order valence-corrected chi connectivity index (χ3v) is 3.82. The molecular weight excluding hydrogens is 302 g/mol. The Bertz CT molecular complexity index is 827. The Hall–Kier alpha value is -2.95. The summed E-state index contributed by atoms with van der Waals surface area (Å²) in [7, 11) is 0. The Morgan fingerprint density at radius 2 is 1.75 bits per heavy atom. The van der Waals surface area contributed by atoms with Crippen LogP contribution in [0.4, 0.5) is 11.4 Å². The van der Waals surface area contributed by atoms with E-state index >= 15 is 0 Å². The molecule has 0 atom stereocenters. The van der Waals surface area contributed by atoms with Crippen LogP contribution in [0.25, 0.3) is 0 Å². The third-order valence-electron chi connectivity index (χ3n) is 3.82. The Kier molecular flexibility index (Phi) is 4.42. The number of anilines is 2. The molecule has 0 radical (unpaired) electrons. The van der Waals surface area contributed by atoms with Crippen LogP contribution in [0.5, 0.6) is 0 Å². The van der Waals surface area contributed by atoms with Crippen LogP contribution in [0.1, 0.15) is 24.0 Å². The molecule has 0 saturated heterocycles. The van der Waals surface area contributed by atoms with Gasteiger partial charge in [-0.05, 0) is 49.2 Å². The van der Waals surface area contributed by atoms with Crippen molar-refractivity contribution < 1.29 is 9.59 Å². The summed E-state index contributed by atoms with van der Waals surface area (Å²) in [6, 6.07) is 15.1. The molecule has 0 bridgehead atoms. The lowest BCUT2D eigenvalue weighted by molar-refractivity contribution is -0.118. The number of aryl methyl sites for hydroxylation is 2. The van der Waals surface area contributed by atoms with Crippen LogP contribution in [0.2, 0.25) is 0 Å². The number of hydrogen-bond acceptors (Lipinski definition) is 3. The first-order valence-electron chi connectivity index (χ1n) is 7.88. The van der Waals surface area contributed by atoms with Crippen molar-refractivity contribution >= 4 is 28.9 Å². The fourth-order valence-electron chi connectivity index (χ4n) is 2.60. The standard InChI is InChI=1S/C19H19N3O2/c1-13-5-3-7-15(11-13)20-19(24)17-9-10-18(23)22(21-17)16-8-4-6-14(2)12-16/h3-8,11-12H,9-10H2,1-2H3,(H,20,24). The zero-order chi connectivity index (χ0) is 17.1. The average molecular weight is 321 g/mol. The molecule has 0 unspecified atom stereocenters. The third kappa shape index (κ3) is 3.51. The van der Waals surface area contributed by atoms with Gasteiger partial charge in [-0.3, -0.25) is 9.59 Å². The number of carbonyl (C=O) groups is 2. The molecule has 2 aromatic carbocycles. The van der Waals surface area contributed by atoms with Gasteiger partial charge in [0.2, 0.25) is 5.91 Å². The Morgan fingerprint density at radius 3 is 2.46 bits per heavy atom. The van der Waals surface area contributed by atoms with Crippen molar-refractivity contribution in [3.05, 3.63) is 59.7 Å². The second kappa shape index (κ2) is 6.66.